The third-order valence-electron chi connectivity index (χ3n) is 0.582. The Kier molecular flexibility index (Phi) is 2.31. The summed E-state index contributed by atoms with van der Waals surface area (Å²) in [6.45, 7) is 0. The van der Waals surface area contributed by atoms with E-state index in [1.54, 1.807) is 0 Å². The van der Waals surface area contributed by atoms with Gasteiger partial charge in [0.1, 0.15) is 12.1 Å². The van der Waals surface area contributed by atoms with E-state index in [1.165, 1.54) is 11.5 Å². The summed E-state index contributed by atoms with van der Waals surface area (Å²) < 4.78 is 0. The van der Waals surface area contributed by atoms with Crippen LogP contribution < -0.4 is 0 Å². The Balaban J connectivity index is 2.31. The van der Waals surface area contributed by atoms with Gasteiger partial charge in [-0.1, -0.05) is 0 Å². The minimum atomic E-state index is -0.304. The van der Waals surface area contributed by atoms with Gasteiger partial charge in [0.25, 0.3) is 0 Å². The topological polar surface area (TPSA) is 23.8 Å². The van der Waals surface area contributed by atoms with E-state index in [2.05, 4.69) is 5.81 Å². The van der Waals surface area contributed by atoms with E-state index >= 15 is 0 Å². The van der Waals surface area contributed by atoms with E-state index in [1.807, 2.05) is 22.8 Å². The van der Waals surface area contributed by atoms with Crippen molar-refractivity contribution >= 4 is 29.1 Å². The summed E-state index contributed by atoms with van der Waals surface area (Å²) in [5.74, 6) is 4.62. The fraction of sp³-hybridized carbons (Fsp3) is 0.667. The number of nitriles is 1. The molecule has 1 aliphatic heterocycles. The van der Waals surface area contributed by atoms with Gasteiger partial charge < -0.3 is 0 Å². The molecule has 1 rings (SSSR count). The van der Waals surface area contributed by atoms with Crippen molar-refractivity contribution in [2.75, 3.05) is 11.5 Å². The van der Waals surface area contributed by atoms with Crippen LogP contribution in [0.15, 0.2) is 0 Å². The summed E-state index contributed by atoms with van der Waals surface area (Å²) in [6.07, 6.45) is -0.304. The van der Waals surface area contributed by atoms with E-state index in [0.717, 1.165) is 0 Å². The van der Waals surface area contributed by atoms with Crippen molar-refractivity contribution in [3.8, 4) is 5.81 Å². The molecule has 1 aliphatic rings. The van der Waals surface area contributed by atoms with Crippen molar-refractivity contribution in [1.82, 2.24) is 0 Å². The highest BCUT2D eigenvalue weighted by molar-refractivity contribution is 8.91. The van der Waals surface area contributed by atoms with Crippen molar-refractivity contribution < 1.29 is 0 Å². The molecule has 1 nitrogen and oxygen atoms in total. The molecule has 38 valence electrons. The first kappa shape index (κ1) is 5.75. The number of nitrogens with zero attached hydrogens (tertiary/aromatic N) is 1. The molecule has 0 bridgehead atoms. The molecule has 0 aromatic carbocycles. The molecule has 0 saturated carbocycles. The standard InChI is InChI=1S/C3H4NPS2/c4-3-5-6-1-2-7-5/h1-2H2. The number of rotatable bonds is 0. The Bertz CT molecular complexity index is 93.6. The van der Waals surface area contributed by atoms with Crippen LogP contribution in [0.2, 0.25) is 0 Å². The summed E-state index contributed by atoms with van der Waals surface area (Å²) >= 11 is 3.62. The number of hydrogen-bond acceptors (Lipinski definition) is 3. The first-order valence-electron chi connectivity index (χ1n) is 1.89. The maximum absolute atomic E-state index is 8.30. The van der Waals surface area contributed by atoms with Gasteiger partial charge in [-0.3, -0.25) is 0 Å². The van der Waals surface area contributed by atoms with E-state index in [9.17, 15) is 0 Å². The van der Waals surface area contributed by atoms with Crippen molar-refractivity contribution in [2.45, 2.75) is 0 Å². The second-order valence-electron chi connectivity index (χ2n) is 1.02. The normalized spacial score (nSPS) is 22.1. The summed E-state index contributed by atoms with van der Waals surface area (Å²) in [6, 6.07) is 0. The molecule has 0 aliphatic carbocycles. The molecule has 0 aromatic rings. The molecule has 7 heavy (non-hydrogen) atoms. The van der Waals surface area contributed by atoms with Crippen LogP contribution in [0, 0.1) is 11.1 Å². The van der Waals surface area contributed by atoms with Crippen LogP contribution in [0.25, 0.3) is 0 Å². The average Bonchev–Trinajstić information content (AvgIpc) is 2.14. The van der Waals surface area contributed by atoms with Crippen LogP contribution in [0.3, 0.4) is 0 Å². The minimum absolute atomic E-state index is 0.304. The SMILES string of the molecule is N#CP1SCCS1. The van der Waals surface area contributed by atoms with Crippen LogP contribution in [-0.2, 0) is 0 Å². The van der Waals surface area contributed by atoms with Crippen LogP contribution >= 0.6 is 29.1 Å². The van der Waals surface area contributed by atoms with Gasteiger partial charge in [-0.05, 0) is 0 Å². The van der Waals surface area contributed by atoms with Crippen LogP contribution in [-0.4, -0.2) is 11.5 Å². The summed E-state index contributed by atoms with van der Waals surface area (Å²) in [5, 5.41) is 8.30. The van der Waals surface area contributed by atoms with Gasteiger partial charge in [-0.2, -0.15) is 5.26 Å². The molecule has 1 fully saturated rings. The van der Waals surface area contributed by atoms with Crippen molar-refractivity contribution in [2.24, 2.45) is 0 Å². The first-order valence-corrected chi connectivity index (χ1v) is 6.41. The molecule has 0 atom stereocenters. The lowest BCUT2D eigenvalue weighted by molar-refractivity contribution is 1.57. The number of hydrogen-bond donors (Lipinski definition) is 0. The Morgan fingerprint density at radius 3 is 2.29 bits per heavy atom. The predicted octanol–water partition coefficient (Wildman–Crippen LogP) is 2.26. The van der Waals surface area contributed by atoms with Crippen molar-refractivity contribution in [3.05, 3.63) is 0 Å². The molecular formula is C3H4NPS2. The van der Waals surface area contributed by atoms with Gasteiger partial charge >= 0.3 is 0 Å². The molecular weight excluding hydrogens is 145 g/mol. The lowest BCUT2D eigenvalue weighted by Crippen LogP contribution is -1.64. The lowest BCUT2D eigenvalue weighted by atomic mass is 11.0. The highest BCUT2D eigenvalue weighted by atomic mass is 33.1. The van der Waals surface area contributed by atoms with Gasteiger partial charge in [-0.15, -0.1) is 22.8 Å². The molecule has 0 aromatic heterocycles. The fourth-order valence-corrected chi connectivity index (χ4v) is 6.37. The second-order valence-corrected chi connectivity index (χ2v) is 7.50. The Morgan fingerprint density at radius 1 is 1.43 bits per heavy atom. The monoisotopic (exact) mass is 149 g/mol. The molecule has 4 heteroatoms. The van der Waals surface area contributed by atoms with Crippen LogP contribution in [0.1, 0.15) is 0 Å². The largest absolute Gasteiger partial charge is 0.192 e. The Morgan fingerprint density at radius 2 is 2.00 bits per heavy atom. The fourth-order valence-electron chi connectivity index (χ4n) is 0.335. The van der Waals surface area contributed by atoms with E-state index in [0.29, 0.717) is 0 Å². The van der Waals surface area contributed by atoms with Crippen LogP contribution in [0.5, 0.6) is 0 Å². The molecule has 1 saturated heterocycles. The third-order valence-corrected chi connectivity index (χ3v) is 7.14. The molecule has 0 amide bonds. The highest BCUT2D eigenvalue weighted by Gasteiger charge is 2.14. The van der Waals surface area contributed by atoms with Crippen LogP contribution in [0.4, 0.5) is 0 Å². The summed E-state index contributed by atoms with van der Waals surface area (Å²) in [7, 11) is 0. The zero-order valence-electron chi connectivity index (χ0n) is 3.63. The summed E-state index contributed by atoms with van der Waals surface area (Å²) in [5.41, 5.74) is 0. The van der Waals surface area contributed by atoms with E-state index in [4.69, 9.17) is 5.26 Å². The third kappa shape index (κ3) is 1.53. The first-order chi connectivity index (χ1) is 3.43. The molecule has 0 unspecified atom stereocenters. The molecule has 1 heterocycles. The van der Waals surface area contributed by atoms with Gasteiger partial charge in [0.05, 0.1) is 0 Å². The maximum Gasteiger partial charge on any atom is 0.122 e. The zero-order valence-corrected chi connectivity index (χ0v) is 6.15. The lowest BCUT2D eigenvalue weighted by Gasteiger charge is -1.86. The summed E-state index contributed by atoms with van der Waals surface area (Å²) in [4.78, 5) is 0. The highest BCUT2D eigenvalue weighted by Crippen LogP contribution is 2.64. The van der Waals surface area contributed by atoms with Gasteiger partial charge in [0, 0.05) is 11.5 Å². The van der Waals surface area contributed by atoms with Gasteiger partial charge in [-0.25, -0.2) is 0 Å². The van der Waals surface area contributed by atoms with Gasteiger partial charge in [0.2, 0.25) is 0 Å². The maximum atomic E-state index is 8.30. The minimum Gasteiger partial charge on any atom is -0.192 e. The predicted molar refractivity (Wildman–Crippen MR) is 37.4 cm³/mol. The van der Waals surface area contributed by atoms with E-state index < -0.39 is 0 Å². The van der Waals surface area contributed by atoms with E-state index in [-0.39, 0.29) is 6.33 Å². The molecule has 0 spiro atoms. The van der Waals surface area contributed by atoms with Gasteiger partial charge in [0.15, 0.2) is 0 Å². The zero-order chi connectivity index (χ0) is 5.11. The average molecular weight is 149 g/mol. The molecule has 0 radical (unpaired) electrons. The second kappa shape index (κ2) is 2.81. The Hall–Kier alpha value is 0.620. The van der Waals surface area contributed by atoms with Crippen molar-refractivity contribution in [1.29, 1.82) is 5.26 Å². The Labute approximate surface area is 52.1 Å². The smallest absolute Gasteiger partial charge is 0.122 e. The molecule has 0 N–H and O–H groups in total. The quantitative estimate of drug-likeness (QED) is 0.493. The van der Waals surface area contributed by atoms with Crippen molar-refractivity contribution in [3.63, 3.8) is 0 Å².